The molecule has 1 aromatic heterocycles. The Morgan fingerprint density at radius 2 is 1.77 bits per heavy atom. The van der Waals surface area contributed by atoms with Crippen LogP contribution in [0, 0.1) is 0 Å². The third-order valence-electron chi connectivity index (χ3n) is 4.91. The lowest BCUT2D eigenvalue weighted by molar-refractivity contribution is -0.136. The highest BCUT2D eigenvalue weighted by Crippen LogP contribution is 2.40. The van der Waals surface area contributed by atoms with Crippen LogP contribution in [0.1, 0.15) is 18.4 Å². The van der Waals surface area contributed by atoms with Crippen LogP contribution in [-0.2, 0) is 28.0 Å². The van der Waals surface area contributed by atoms with E-state index in [4.69, 9.17) is 0 Å². The Balaban J connectivity index is 1.74. The van der Waals surface area contributed by atoms with Crippen LogP contribution in [0.15, 0.2) is 64.5 Å². The van der Waals surface area contributed by atoms with E-state index in [1.165, 1.54) is 16.2 Å². The van der Waals surface area contributed by atoms with Crippen LogP contribution >= 0.6 is 11.9 Å². The molecule has 0 aliphatic carbocycles. The molecular formula is C20H19F3N2O2S3. The number of nitrogens with one attached hydrogen (secondary N) is 1. The van der Waals surface area contributed by atoms with Gasteiger partial charge in [0.05, 0.1) is 20.9 Å². The minimum Gasteiger partial charge on any atom is -0.261 e. The molecule has 1 unspecified atom stereocenters. The van der Waals surface area contributed by atoms with Gasteiger partial charge in [-0.25, -0.2) is 4.21 Å². The van der Waals surface area contributed by atoms with E-state index in [1.807, 2.05) is 0 Å². The van der Waals surface area contributed by atoms with Crippen molar-refractivity contribution in [2.24, 2.45) is 0 Å². The highest BCUT2D eigenvalue weighted by atomic mass is 32.2. The van der Waals surface area contributed by atoms with E-state index in [2.05, 4.69) is 4.72 Å². The first-order valence-electron chi connectivity index (χ1n) is 9.30. The Kier molecular flexibility index (Phi) is 6.38. The molecule has 0 spiro atoms. The second-order valence-electron chi connectivity index (χ2n) is 6.92. The second-order valence-corrected chi connectivity index (χ2v) is 10.9. The van der Waals surface area contributed by atoms with Crippen molar-refractivity contribution in [3.63, 3.8) is 0 Å². The van der Waals surface area contributed by atoms with E-state index in [1.54, 1.807) is 36.4 Å². The molecule has 3 aromatic rings. The van der Waals surface area contributed by atoms with Gasteiger partial charge in [-0.2, -0.15) is 13.2 Å². The summed E-state index contributed by atoms with van der Waals surface area (Å²) in [6, 6.07) is 12.6. The van der Waals surface area contributed by atoms with Gasteiger partial charge in [0.15, 0.2) is 11.0 Å². The summed E-state index contributed by atoms with van der Waals surface area (Å²) in [5.74, 6) is 1.18. The predicted molar refractivity (Wildman–Crippen MR) is 115 cm³/mol. The van der Waals surface area contributed by atoms with Gasteiger partial charge >= 0.3 is 6.18 Å². The zero-order chi connectivity index (χ0) is 21.3. The topological polar surface area (TPSA) is 51.1 Å². The van der Waals surface area contributed by atoms with Crippen LogP contribution in [0.4, 0.5) is 13.2 Å². The van der Waals surface area contributed by atoms with Gasteiger partial charge in [-0.05, 0) is 49.1 Å². The summed E-state index contributed by atoms with van der Waals surface area (Å²) < 4.78 is 70.4. The molecule has 0 bridgehead atoms. The summed E-state index contributed by atoms with van der Waals surface area (Å²) in [6.07, 6.45) is -1.60. The zero-order valence-electron chi connectivity index (χ0n) is 15.7. The number of alkyl halides is 3. The van der Waals surface area contributed by atoms with Gasteiger partial charge in [0.2, 0.25) is 0 Å². The first-order valence-corrected chi connectivity index (χ1v) is 12.7. The van der Waals surface area contributed by atoms with Crippen LogP contribution in [0.5, 0.6) is 0 Å². The lowest BCUT2D eigenvalue weighted by Gasteiger charge is -2.21. The highest BCUT2D eigenvalue weighted by Gasteiger charge is 2.35. The summed E-state index contributed by atoms with van der Waals surface area (Å²) >= 11 is 1.12. The molecule has 2 heterocycles. The number of aromatic nitrogens is 1. The van der Waals surface area contributed by atoms with E-state index in [9.17, 15) is 21.6 Å². The SMILES string of the molecule is O=S1CCC(NSc2cn(S(=O)c3ccccc3)c3cccc(C(F)(F)F)c23)CC1. The van der Waals surface area contributed by atoms with Crippen molar-refractivity contribution >= 4 is 44.6 Å². The van der Waals surface area contributed by atoms with Crippen LogP contribution in [0.3, 0.4) is 0 Å². The molecule has 1 N–H and O–H groups in total. The summed E-state index contributed by atoms with van der Waals surface area (Å²) in [4.78, 5) is 0.875. The normalized spacial score (nSPS) is 21.0. The maximum absolute atomic E-state index is 13.7. The standard InChI is InChI=1S/C20H19F3N2O2S3/c21-20(22,23)16-7-4-8-17-19(16)18(28-24-14-9-11-29(26)12-10-14)13-25(17)30(27)15-5-2-1-3-6-15/h1-8,13-14,24H,9-12H2. The Hall–Kier alpha value is -1.62. The molecule has 1 atom stereocenters. The average Bonchev–Trinajstić information content (AvgIpc) is 3.11. The molecule has 4 nitrogen and oxygen atoms in total. The number of hydrogen-bond acceptors (Lipinski definition) is 4. The van der Waals surface area contributed by atoms with Gasteiger partial charge in [0.25, 0.3) is 0 Å². The van der Waals surface area contributed by atoms with Crippen LogP contribution in [0.25, 0.3) is 10.9 Å². The number of benzene rings is 2. The summed E-state index contributed by atoms with van der Waals surface area (Å²) in [7, 11) is -2.49. The van der Waals surface area contributed by atoms with E-state index in [0.29, 0.717) is 34.1 Å². The maximum Gasteiger partial charge on any atom is 0.417 e. The van der Waals surface area contributed by atoms with E-state index < -0.39 is 33.5 Å². The number of fused-ring (bicyclic) bond motifs is 1. The molecule has 1 saturated heterocycles. The molecule has 10 heteroatoms. The molecular weight excluding hydrogens is 453 g/mol. The third-order valence-corrected chi connectivity index (χ3v) is 8.61. The fourth-order valence-electron chi connectivity index (χ4n) is 3.38. The number of rotatable bonds is 5. The fourth-order valence-corrected chi connectivity index (χ4v) is 6.90. The zero-order valence-corrected chi connectivity index (χ0v) is 18.2. The van der Waals surface area contributed by atoms with Gasteiger partial charge < -0.3 is 0 Å². The number of halogens is 3. The number of nitrogens with zero attached hydrogens (tertiary/aromatic N) is 1. The maximum atomic E-state index is 13.7. The Labute approximate surface area is 181 Å². The quantitative estimate of drug-likeness (QED) is 0.545. The molecule has 30 heavy (non-hydrogen) atoms. The minimum atomic E-state index is -4.53. The fraction of sp³-hybridized carbons (Fsp3) is 0.300. The van der Waals surface area contributed by atoms with E-state index >= 15 is 0 Å². The van der Waals surface area contributed by atoms with Crippen molar-refractivity contribution in [1.29, 1.82) is 0 Å². The summed E-state index contributed by atoms with van der Waals surface area (Å²) in [5, 5.41) is 0.0335. The van der Waals surface area contributed by atoms with Crippen molar-refractivity contribution in [2.45, 2.75) is 34.9 Å². The molecule has 1 aliphatic heterocycles. The lowest BCUT2D eigenvalue weighted by atomic mass is 10.1. The first kappa shape index (κ1) is 21.6. The molecule has 1 fully saturated rings. The van der Waals surface area contributed by atoms with Crippen LogP contribution in [0.2, 0.25) is 0 Å². The Morgan fingerprint density at radius 1 is 1.07 bits per heavy atom. The van der Waals surface area contributed by atoms with Crippen LogP contribution < -0.4 is 4.72 Å². The second kappa shape index (κ2) is 8.86. The largest absolute Gasteiger partial charge is 0.417 e. The average molecular weight is 473 g/mol. The molecule has 2 aromatic carbocycles. The third kappa shape index (κ3) is 4.51. The lowest BCUT2D eigenvalue weighted by Crippen LogP contribution is -2.31. The molecule has 160 valence electrons. The molecule has 0 saturated carbocycles. The van der Waals surface area contributed by atoms with Crippen molar-refractivity contribution in [3.8, 4) is 0 Å². The first-order chi connectivity index (χ1) is 14.3. The van der Waals surface area contributed by atoms with E-state index in [-0.39, 0.29) is 16.9 Å². The molecule has 1 aliphatic rings. The minimum absolute atomic E-state index is 0.0335. The highest BCUT2D eigenvalue weighted by molar-refractivity contribution is 7.97. The van der Waals surface area contributed by atoms with Gasteiger partial charge in [0.1, 0.15) is 0 Å². The predicted octanol–water partition coefficient (Wildman–Crippen LogP) is 4.74. The van der Waals surface area contributed by atoms with Crippen molar-refractivity contribution in [3.05, 3.63) is 60.3 Å². The van der Waals surface area contributed by atoms with E-state index in [0.717, 1.165) is 18.0 Å². The van der Waals surface area contributed by atoms with Gasteiger partial charge in [-0.1, -0.05) is 24.3 Å². The number of hydrogen-bond donors (Lipinski definition) is 1. The summed E-state index contributed by atoms with van der Waals surface area (Å²) in [5.41, 5.74) is -0.487. The van der Waals surface area contributed by atoms with Crippen LogP contribution in [-0.4, -0.2) is 29.9 Å². The van der Waals surface area contributed by atoms with Gasteiger partial charge in [-0.3, -0.25) is 12.9 Å². The monoisotopic (exact) mass is 472 g/mol. The van der Waals surface area contributed by atoms with Crippen molar-refractivity contribution < 1.29 is 21.6 Å². The summed E-state index contributed by atoms with van der Waals surface area (Å²) in [6.45, 7) is 0. The Morgan fingerprint density at radius 3 is 2.43 bits per heavy atom. The molecule has 0 amide bonds. The van der Waals surface area contributed by atoms with Gasteiger partial charge in [0, 0.05) is 39.9 Å². The van der Waals surface area contributed by atoms with Gasteiger partial charge in [-0.15, -0.1) is 0 Å². The molecule has 4 rings (SSSR count). The smallest absolute Gasteiger partial charge is 0.261 e. The Bertz CT molecular complexity index is 1090. The van der Waals surface area contributed by atoms with Crippen molar-refractivity contribution in [2.75, 3.05) is 11.5 Å². The van der Waals surface area contributed by atoms with Crippen molar-refractivity contribution in [1.82, 2.24) is 8.69 Å². The molecule has 0 radical (unpaired) electrons.